The fourth-order valence-electron chi connectivity index (χ4n) is 1.88. The molecule has 3 N–H and O–H groups in total. The second-order valence-corrected chi connectivity index (χ2v) is 6.90. The molecule has 8 heteroatoms. The average molecular weight is 278 g/mol. The third-order valence-corrected chi connectivity index (χ3v) is 3.46. The van der Waals surface area contributed by atoms with E-state index in [1.165, 1.54) is 0 Å². The number of amides is 2. The normalized spacial score (nSPS) is 17.1. The number of carbonyl (C=O) groups excluding carboxylic acids is 1. The van der Waals surface area contributed by atoms with Gasteiger partial charge in [0.1, 0.15) is 0 Å². The van der Waals surface area contributed by atoms with Crippen LogP contribution in [0.15, 0.2) is 0 Å². The fourth-order valence-corrected chi connectivity index (χ4v) is 2.95. The molecule has 0 bridgehead atoms. The summed E-state index contributed by atoms with van der Waals surface area (Å²) in [5.41, 5.74) is -0.541. The molecule has 0 aliphatic carbocycles. The van der Waals surface area contributed by atoms with E-state index in [9.17, 15) is 13.2 Å². The van der Waals surface area contributed by atoms with E-state index in [4.69, 9.17) is 0 Å². The Morgan fingerprint density at radius 1 is 1.44 bits per heavy atom. The van der Waals surface area contributed by atoms with Gasteiger partial charge in [0.25, 0.3) is 0 Å². The van der Waals surface area contributed by atoms with Crippen molar-refractivity contribution in [3.63, 3.8) is 0 Å². The number of carbonyl (C=O) groups is 1. The lowest BCUT2D eigenvalue weighted by atomic mass is 10.1. The van der Waals surface area contributed by atoms with Crippen LogP contribution >= 0.6 is 0 Å². The van der Waals surface area contributed by atoms with E-state index in [1.807, 2.05) is 13.8 Å². The van der Waals surface area contributed by atoms with Crippen LogP contribution in [-0.2, 0) is 10.0 Å². The van der Waals surface area contributed by atoms with E-state index in [0.29, 0.717) is 26.2 Å². The molecule has 0 saturated carbocycles. The van der Waals surface area contributed by atoms with Crippen LogP contribution in [0, 0.1) is 0 Å². The molecule has 1 aliphatic heterocycles. The Balaban J connectivity index is 2.22. The van der Waals surface area contributed by atoms with E-state index in [2.05, 4.69) is 15.4 Å². The first-order valence-electron chi connectivity index (χ1n) is 5.92. The van der Waals surface area contributed by atoms with Gasteiger partial charge in [-0.25, -0.2) is 17.9 Å². The summed E-state index contributed by atoms with van der Waals surface area (Å²) in [6.07, 6.45) is 1.14. The number of nitrogens with one attached hydrogen (secondary N) is 3. The van der Waals surface area contributed by atoms with Crippen molar-refractivity contribution in [3.8, 4) is 0 Å². The topological polar surface area (TPSA) is 90.5 Å². The number of hydrogen-bond donors (Lipinski definition) is 3. The van der Waals surface area contributed by atoms with Crippen molar-refractivity contribution in [2.24, 2.45) is 0 Å². The predicted octanol–water partition coefficient (Wildman–Crippen LogP) is -1.07. The summed E-state index contributed by atoms with van der Waals surface area (Å²) in [5.74, 6) is 0. The van der Waals surface area contributed by atoms with Crippen LogP contribution in [0.4, 0.5) is 4.79 Å². The highest BCUT2D eigenvalue weighted by atomic mass is 32.2. The summed E-state index contributed by atoms with van der Waals surface area (Å²) >= 11 is 0. The number of hydrogen-bond acceptors (Lipinski definition) is 4. The standard InChI is InChI=1S/C10H22N4O3S/c1-10(2,13-18(3,16)17)8-11-4-6-14-7-5-12-9(14)15/h11,13H,4-8H2,1-3H3,(H,12,15). The fraction of sp³-hybridized carbons (Fsp3) is 0.900. The van der Waals surface area contributed by atoms with Gasteiger partial charge < -0.3 is 15.5 Å². The molecule has 0 unspecified atom stereocenters. The molecule has 1 fully saturated rings. The van der Waals surface area contributed by atoms with Crippen molar-refractivity contribution in [3.05, 3.63) is 0 Å². The van der Waals surface area contributed by atoms with Crippen molar-refractivity contribution in [1.82, 2.24) is 20.3 Å². The van der Waals surface area contributed by atoms with Gasteiger partial charge in [-0.15, -0.1) is 0 Å². The van der Waals surface area contributed by atoms with E-state index in [1.54, 1.807) is 4.90 Å². The molecular weight excluding hydrogens is 256 g/mol. The molecule has 1 heterocycles. The highest BCUT2D eigenvalue weighted by Gasteiger charge is 2.22. The zero-order chi connectivity index (χ0) is 13.8. The Hall–Kier alpha value is -0.860. The number of sulfonamides is 1. The van der Waals surface area contributed by atoms with Gasteiger partial charge in [-0.1, -0.05) is 0 Å². The van der Waals surface area contributed by atoms with Gasteiger partial charge >= 0.3 is 6.03 Å². The van der Waals surface area contributed by atoms with Crippen LogP contribution in [0.5, 0.6) is 0 Å². The van der Waals surface area contributed by atoms with Crippen LogP contribution in [-0.4, -0.2) is 63.9 Å². The molecule has 1 rings (SSSR count). The molecule has 18 heavy (non-hydrogen) atoms. The summed E-state index contributed by atoms with van der Waals surface area (Å²) in [6.45, 7) is 6.82. The molecule has 7 nitrogen and oxygen atoms in total. The second-order valence-electron chi connectivity index (χ2n) is 5.15. The van der Waals surface area contributed by atoms with Gasteiger partial charge in [-0.05, 0) is 13.8 Å². The van der Waals surface area contributed by atoms with Gasteiger partial charge in [-0.2, -0.15) is 0 Å². The minimum Gasteiger partial charge on any atom is -0.336 e. The lowest BCUT2D eigenvalue weighted by molar-refractivity contribution is 0.217. The van der Waals surface area contributed by atoms with Gasteiger partial charge in [0.2, 0.25) is 10.0 Å². The van der Waals surface area contributed by atoms with E-state index < -0.39 is 15.6 Å². The maximum Gasteiger partial charge on any atom is 0.317 e. The Kier molecular flexibility index (Phi) is 4.94. The number of nitrogens with zero attached hydrogens (tertiary/aromatic N) is 1. The first-order valence-corrected chi connectivity index (χ1v) is 7.81. The van der Waals surface area contributed by atoms with Crippen LogP contribution in [0.2, 0.25) is 0 Å². The minimum absolute atomic E-state index is 0.0367. The van der Waals surface area contributed by atoms with Crippen molar-refractivity contribution < 1.29 is 13.2 Å². The van der Waals surface area contributed by atoms with Crippen LogP contribution < -0.4 is 15.4 Å². The maximum absolute atomic E-state index is 11.2. The van der Waals surface area contributed by atoms with E-state index in [0.717, 1.165) is 12.8 Å². The first-order chi connectivity index (χ1) is 8.20. The van der Waals surface area contributed by atoms with Gasteiger partial charge in [0.15, 0.2) is 0 Å². The summed E-state index contributed by atoms with van der Waals surface area (Å²) in [5, 5.41) is 5.87. The average Bonchev–Trinajstić information content (AvgIpc) is 2.55. The highest BCUT2D eigenvalue weighted by Crippen LogP contribution is 2.02. The molecule has 1 aliphatic rings. The van der Waals surface area contributed by atoms with E-state index in [-0.39, 0.29) is 6.03 Å². The molecule has 2 amide bonds. The maximum atomic E-state index is 11.2. The first kappa shape index (κ1) is 15.2. The van der Waals surface area contributed by atoms with Crippen molar-refractivity contribution >= 4 is 16.1 Å². The van der Waals surface area contributed by atoms with Crippen LogP contribution in [0.25, 0.3) is 0 Å². The molecule has 0 atom stereocenters. The Morgan fingerprint density at radius 2 is 2.11 bits per heavy atom. The van der Waals surface area contributed by atoms with E-state index >= 15 is 0 Å². The minimum atomic E-state index is -3.21. The quantitative estimate of drug-likeness (QED) is 0.517. The van der Waals surface area contributed by atoms with Gasteiger partial charge in [0, 0.05) is 38.3 Å². The zero-order valence-corrected chi connectivity index (χ0v) is 11.9. The summed E-state index contributed by atoms with van der Waals surface area (Å²) in [6, 6.07) is -0.0367. The summed E-state index contributed by atoms with van der Waals surface area (Å²) in [4.78, 5) is 13.0. The second kappa shape index (κ2) is 5.85. The van der Waals surface area contributed by atoms with Crippen LogP contribution in [0.1, 0.15) is 13.8 Å². The lowest BCUT2D eigenvalue weighted by Gasteiger charge is -2.26. The van der Waals surface area contributed by atoms with Crippen LogP contribution in [0.3, 0.4) is 0 Å². The Morgan fingerprint density at radius 3 is 2.61 bits per heavy atom. The Labute approximate surface area is 108 Å². The van der Waals surface area contributed by atoms with Crippen molar-refractivity contribution in [2.45, 2.75) is 19.4 Å². The molecule has 0 aromatic carbocycles. The molecule has 0 aromatic heterocycles. The predicted molar refractivity (Wildman–Crippen MR) is 69.9 cm³/mol. The SMILES string of the molecule is CC(C)(CNCCN1CCNC1=O)NS(C)(=O)=O. The molecular formula is C10H22N4O3S. The zero-order valence-electron chi connectivity index (χ0n) is 11.1. The largest absolute Gasteiger partial charge is 0.336 e. The summed E-state index contributed by atoms with van der Waals surface area (Å²) < 4.78 is 24.8. The number of rotatable bonds is 7. The molecule has 0 spiro atoms. The monoisotopic (exact) mass is 278 g/mol. The summed E-state index contributed by atoms with van der Waals surface area (Å²) in [7, 11) is -3.21. The third-order valence-electron chi connectivity index (χ3n) is 2.53. The lowest BCUT2D eigenvalue weighted by Crippen LogP contribution is -2.50. The molecule has 1 saturated heterocycles. The Bertz CT molecular complexity index is 394. The van der Waals surface area contributed by atoms with Gasteiger partial charge in [-0.3, -0.25) is 0 Å². The molecule has 106 valence electrons. The third kappa shape index (κ3) is 5.65. The molecule has 0 radical (unpaired) electrons. The van der Waals surface area contributed by atoms with Gasteiger partial charge in [0.05, 0.1) is 6.26 Å². The van der Waals surface area contributed by atoms with Crippen molar-refractivity contribution in [1.29, 1.82) is 0 Å². The van der Waals surface area contributed by atoms with Crippen molar-refractivity contribution in [2.75, 3.05) is 39.0 Å². The number of urea groups is 1. The highest BCUT2D eigenvalue weighted by molar-refractivity contribution is 7.88. The molecule has 0 aromatic rings. The smallest absolute Gasteiger partial charge is 0.317 e.